The van der Waals surface area contributed by atoms with Crippen LogP contribution in [0.4, 0.5) is 5.69 Å². The Hall–Kier alpha value is -1.55. The number of anilines is 1. The second kappa shape index (κ2) is 7.46. The highest BCUT2D eigenvalue weighted by atomic mass is 16.2. The fourth-order valence-corrected chi connectivity index (χ4v) is 2.66. The molecule has 1 aromatic rings. The molecule has 0 aromatic heterocycles. The van der Waals surface area contributed by atoms with Crippen molar-refractivity contribution >= 4 is 11.6 Å². The van der Waals surface area contributed by atoms with Crippen molar-refractivity contribution in [1.29, 1.82) is 0 Å². The minimum Gasteiger partial charge on any atom is -0.358 e. The van der Waals surface area contributed by atoms with Crippen LogP contribution in [0.2, 0.25) is 0 Å². The molecule has 2 N–H and O–H groups in total. The topological polar surface area (TPSA) is 44.4 Å². The molecule has 0 saturated heterocycles. The zero-order chi connectivity index (χ0) is 15.2. The Bertz CT molecular complexity index is 473. The molecule has 1 amide bonds. The number of amides is 1. The molecular formula is C17H27N3O. The summed E-state index contributed by atoms with van der Waals surface area (Å²) in [6, 6.07) is 8.19. The monoisotopic (exact) mass is 289 g/mol. The number of nitrogens with zero attached hydrogens (tertiary/aromatic N) is 1. The lowest BCUT2D eigenvalue weighted by atomic mass is 10.1. The molecule has 2 rings (SSSR count). The van der Waals surface area contributed by atoms with Gasteiger partial charge in [0, 0.05) is 31.9 Å². The van der Waals surface area contributed by atoms with Gasteiger partial charge in [0.2, 0.25) is 5.91 Å². The number of hydrogen-bond donors (Lipinski definition) is 2. The quantitative estimate of drug-likeness (QED) is 0.873. The molecule has 0 saturated carbocycles. The fourth-order valence-electron chi connectivity index (χ4n) is 2.66. The molecule has 1 aliphatic heterocycles. The minimum absolute atomic E-state index is 0.118. The first-order valence-corrected chi connectivity index (χ1v) is 7.92. The highest BCUT2D eigenvalue weighted by Crippen LogP contribution is 2.24. The van der Waals surface area contributed by atoms with Crippen molar-refractivity contribution in [2.24, 2.45) is 5.92 Å². The molecule has 1 atom stereocenters. The maximum Gasteiger partial charge on any atom is 0.242 e. The minimum atomic E-state index is -0.141. The molecule has 0 radical (unpaired) electrons. The highest BCUT2D eigenvalue weighted by Gasteiger charge is 2.24. The fraction of sp³-hybridized carbons (Fsp3) is 0.588. The van der Waals surface area contributed by atoms with Crippen LogP contribution in [0.1, 0.15) is 32.8 Å². The van der Waals surface area contributed by atoms with Gasteiger partial charge in [-0.25, -0.2) is 0 Å². The number of benzene rings is 1. The highest BCUT2D eigenvalue weighted by molar-refractivity contribution is 5.85. The van der Waals surface area contributed by atoms with Gasteiger partial charge in [-0.15, -0.1) is 0 Å². The molecule has 0 spiro atoms. The van der Waals surface area contributed by atoms with Gasteiger partial charge >= 0.3 is 0 Å². The molecule has 0 fully saturated rings. The molecule has 116 valence electrons. The van der Waals surface area contributed by atoms with Crippen molar-refractivity contribution in [3.63, 3.8) is 0 Å². The van der Waals surface area contributed by atoms with Gasteiger partial charge in [-0.3, -0.25) is 4.79 Å². The van der Waals surface area contributed by atoms with Crippen LogP contribution in [-0.4, -0.2) is 31.6 Å². The lowest BCUT2D eigenvalue weighted by molar-refractivity contribution is -0.122. The summed E-state index contributed by atoms with van der Waals surface area (Å²) < 4.78 is 0. The van der Waals surface area contributed by atoms with Crippen molar-refractivity contribution in [3.05, 3.63) is 29.8 Å². The van der Waals surface area contributed by atoms with Gasteiger partial charge in [-0.2, -0.15) is 0 Å². The summed E-state index contributed by atoms with van der Waals surface area (Å²) in [4.78, 5) is 14.6. The molecule has 0 aliphatic carbocycles. The van der Waals surface area contributed by atoms with E-state index < -0.39 is 0 Å². The Morgan fingerprint density at radius 1 is 1.33 bits per heavy atom. The number of hydrogen-bond acceptors (Lipinski definition) is 3. The standard InChI is InChI=1S/C17H27N3O/c1-13(2)8-9-19-17(21)14(3)20-11-10-18-12-15-6-4-5-7-16(15)20/h4-7,13-14,18H,8-12H2,1-3H3,(H,19,21). The SMILES string of the molecule is CC(C)CCNC(=O)C(C)N1CCNCc2ccccc21. The van der Waals surface area contributed by atoms with Gasteiger partial charge in [0.1, 0.15) is 6.04 Å². The zero-order valence-corrected chi connectivity index (χ0v) is 13.4. The Labute approximate surface area is 127 Å². The van der Waals surface area contributed by atoms with Gasteiger partial charge in [0.05, 0.1) is 0 Å². The first-order chi connectivity index (χ1) is 10.1. The van der Waals surface area contributed by atoms with Gasteiger partial charge in [-0.1, -0.05) is 32.0 Å². The van der Waals surface area contributed by atoms with E-state index in [1.165, 1.54) is 11.3 Å². The van der Waals surface area contributed by atoms with Gasteiger partial charge in [0.25, 0.3) is 0 Å². The van der Waals surface area contributed by atoms with Crippen LogP contribution in [0.5, 0.6) is 0 Å². The van der Waals surface area contributed by atoms with Crippen molar-refractivity contribution < 1.29 is 4.79 Å². The van der Waals surface area contributed by atoms with Gasteiger partial charge < -0.3 is 15.5 Å². The number of carbonyl (C=O) groups is 1. The van der Waals surface area contributed by atoms with Gasteiger partial charge in [-0.05, 0) is 30.9 Å². The maximum absolute atomic E-state index is 12.4. The van der Waals surface area contributed by atoms with E-state index in [1.807, 2.05) is 13.0 Å². The molecule has 1 aliphatic rings. The second-order valence-electron chi connectivity index (χ2n) is 6.15. The summed E-state index contributed by atoms with van der Waals surface area (Å²) in [5, 5.41) is 6.47. The van der Waals surface area contributed by atoms with E-state index in [0.29, 0.717) is 5.92 Å². The molecule has 1 heterocycles. The summed E-state index contributed by atoms with van der Waals surface area (Å²) in [7, 11) is 0. The van der Waals surface area contributed by atoms with Gasteiger partial charge in [0.15, 0.2) is 0 Å². The van der Waals surface area contributed by atoms with Crippen molar-refractivity contribution in [1.82, 2.24) is 10.6 Å². The van der Waals surface area contributed by atoms with Crippen LogP contribution in [-0.2, 0) is 11.3 Å². The van der Waals surface area contributed by atoms with Crippen molar-refractivity contribution in [2.75, 3.05) is 24.5 Å². The van der Waals surface area contributed by atoms with Crippen LogP contribution in [0.25, 0.3) is 0 Å². The molecular weight excluding hydrogens is 262 g/mol. The maximum atomic E-state index is 12.4. The molecule has 1 aromatic carbocycles. The molecule has 1 unspecified atom stereocenters. The Balaban J connectivity index is 2.04. The lowest BCUT2D eigenvalue weighted by Crippen LogP contribution is -2.47. The summed E-state index contributed by atoms with van der Waals surface area (Å²) >= 11 is 0. The average Bonchev–Trinajstić information content (AvgIpc) is 2.68. The number of fused-ring (bicyclic) bond motifs is 1. The summed E-state index contributed by atoms with van der Waals surface area (Å²) in [5.41, 5.74) is 2.44. The van der Waals surface area contributed by atoms with E-state index in [4.69, 9.17) is 0 Å². The second-order valence-corrected chi connectivity index (χ2v) is 6.15. The summed E-state index contributed by atoms with van der Waals surface area (Å²) in [6.45, 7) is 9.72. The number of nitrogens with one attached hydrogen (secondary N) is 2. The first kappa shape index (κ1) is 15.8. The third-order valence-electron chi connectivity index (χ3n) is 4.01. The first-order valence-electron chi connectivity index (χ1n) is 7.92. The summed E-state index contributed by atoms with van der Waals surface area (Å²) in [6.07, 6.45) is 1.02. The zero-order valence-electron chi connectivity index (χ0n) is 13.4. The van der Waals surface area contributed by atoms with Crippen molar-refractivity contribution in [3.8, 4) is 0 Å². The molecule has 4 nitrogen and oxygen atoms in total. The van der Waals surface area contributed by atoms with Crippen LogP contribution < -0.4 is 15.5 Å². The predicted octanol–water partition coefficient (Wildman–Crippen LogP) is 2.15. The predicted molar refractivity (Wildman–Crippen MR) is 87.4 cm³/mol. The van der Waals surface area contributed by atoms with E-state index >= 15 is 0 Å². The normalized spacial score (nSPS) is 16.3. The lowest BCUT2D eigenvalue weighted by Gasteiger charge is -2.30. The largest absolute Gasteiger partial charge is 0.358 e. The Morgan fingerprint density at radius 3 is 2.86 bits per heavy atom. The average molecular weight is 289 g/mol. The van der Waals surface area contributed by atoms with Crippen LogP contribution in [0.3, 0.4) is 0 Å². The number of carbonyl (C=O) groups excluding carboxylic acids is 1. The third kappa shape index (κ3) is 4.21. The van der Waals surface area contributed by atoms with E-state index in [0.717, 1.165) is 32.6 Å². The van der Waals surface area contributed by atoms with Crippen LogP contribution >= 0.6 is 0 Å². The number of para-hydroxylation sites is 1. The third-order valence-corrected chi connectivity index (χ3v) is 4.01. The van der Waals surface area contributed by atoms with E-state index in [1.54, 1.807) is 0 Å². The Morgan fingerprint density at radius 2 is 2.10 bits per heavy atom. The molecule has 21 heavy (non-hydrogen) atoms. The number of rotatable bonds is 5. The summed E-state index contributed by atoms with van der Waals surface area (Å²) in [5.74, 6) is 0.732. The smallest absolute Gasteiger partial charge is 0.242 e. The van der Waals surface area contributed by atoms with E-state index in [9.17, 15) is 4.79 Å². The van der Waals surface area contributed by atoms with E-state index in [-0.39, 0.29) is 11.9 Å². The molecule has 4 heteroatoms. The van der Waals surface area contributed by atoms with E-state index in [2.05, 4.69) is 47.6 Å². The Kier molecular flexibility index (Phi) is 5.62. The van der Waals surface area contributed by atoms with Crippen LogP contribution in [0, 0.1) is 5.92 Å². The molecule has 0 bridgehead atoms. The van der Waals surface area contributed by atoms with Crippen LogP contribution in [0.15, 0.2) is 24.3 Å². The van der Waals surface area contributed by atoms with Crippen molar-refractivity contribution in [2.45, 2.75) is 39.8 Å².